The van der Waals surface area contributed by atoms with Gasteiger partial charge in [0.25, 0.3) is 11.7 Å². The number of rotatable bonds is 4. The molecular formula is C24H18Cl2N2O4. The molecule has 0 aliphatic carbocycles. The van der Waals surface area contributed by atoms with Crippen molar-refractivity contribution in [1.29, 1.82) is 0 Å². The lowest BCUT2D eigenvalue weighted by atomic mass is 9.95. The zero-order valence-electron chi connectivity index (χ0n) is 17.2. The Kier molecular flexibility index (Phi) is 5.91. The quantitative estimate of drug-likeness (QED) is 0.317. The molecule has 2 aromatic carbocycles. The highest BCUT2D eigenvalue weighted by Crippen LogP contribution is 2.44. The third-order valence-corrected chi connectivity index (χ3v) is 5.94. The van der Waals surface area contributed by atoms with Crippen LogP contribution in [0.25, 0.3) is 5.76 Å². The van der Waals surface area contributed by atoms with Crippen molar-refractivity contribution >= 4 is 46.3 Å². The molecule has 4 rings (SSSR count). The van der Waals surface area contributed by atoms with Crippen molar-refractivity contribution < 1.29 is 19.4 Å². The number of nitrogens with zero attached hydrogens (tertiary/aromatic N) is 2. The molecule has 0 spiro atoms. The molecule has 1 atom stereocenters. The number of carbonyl (C=O) groups is 2. The Morgan fingerprint density at radius 3 is 2.56 bits per heavy atom. The summed E-state index contributed by atoms with van der Waals surface area (Å²) in [6.45, 7) is 1.84. The zero-order chi connectivity index (χ0) is 23.0. The number of methoxy groups -OCH3 is 1. The second kappa shape index (κ2) is 8.65. The highest BCUT2D eigenvalue weighted by Gasteiger charge is 2.47. The van der Waals surface area contributed by atoms with Crippen LogP contribution in [0.5, 0.6) is 5.75 Å². The number of pyridine rings is 1. The third-order valence-electron chi connectivity index (χ3n) is 5.29. The molecule has 0 radical (unpaired) electrons. The first kappa shape index (κ1) is 21.9. The molecule has 1 saturated heterocycles. The van der Waals surface area contributed by atoms with E-state index in [0.29, 0.717) is 27.0 Å². The Hall–Kier alpha value is -3.35. The van der Waals surface area contributed by atoms with Gasteiger partial charge in [0, 0.05) is 28.1 Å². The van der Waals surface area contributed by atoms with Crippen molar-refractivity contribution in [2.75, 3.05) is 12.0 Å². The normalized spacial score (nSPS) is 17.6. The average Bonchev–Trinajstić information content (AvgIpc) is 3.06. The van der Waals surface area contributed by atoms with Gasteiger partial charge in [-0.1, -0.05) is 35.3 Å². The molecule has 1 fully saturated rings. The van der Waals surface area contributed by atoms with E-state index in [1.165, 1.54) is 18.1 Å². The molecule has 0 bridgehead atoms. The largest absolute Gasteiger partial charge is 0.507 e. The first-order valence-corrected chi connectivity index (χ1v) is 10.4. The van der Waals surface area contributed by atoms with Crippen LogP contribution >= 0.6 is 23.2 Å². The van der Waals surface area contributed by atoms with Crippen molar-refractivity contribution in [3.05, 3.63) is 93.2 Å². The van der Waals surface area contributed by atoms with Crippen LogP contribution in [0.15, 0.2) is 66.5 Å². The number of carbonyl (C=O) groups excluding carboxylic acids is 2. The molecule has 1 aromatic heterocycles. The summed E-state index contributed by atoms with van der Waals surface area (Å²) < 4.78 is 5.33. The molecule has 8 heteroatoms. The van der Waals surface area contributed by atoms with Gasteiger partial charge >= 0.3 is 0 Å². The van der Waals surface area contributed by atoms with Crippen LogP contribution in [0.1, 0.15) is 22.7 Å². The van der Waals surface area contributed by atoms with E-state index in [0.717, 1.165) is 5.56 Å². The van der Waals surface area contributed by atoms with Crippen molar-refractivity contribution in [3.8, 4) is 5.75 Å². The van der Waals surface area contributed by atoms with Crippen LogP contribution in [0.2, 0.25) is 10.0 Å². The van der Waals surface area contributed by atoms with Crippen molar-refractivity contribution in [1.82, 2.24) is 4.98 Å². The third kappa shape index (κ3) is 3.72. The van der Waals surface area contributed by atoms with Crippen molar-refractivity contribution in [3.63, 3.8) is 0 Å². The topological polar surface area (TPSA) is 79.7 Å². The summed E-state index contributed by atoms with van der Waals surface area (Å²) in [6, 6.07) is 12.2. The molecule has 1 N–H and O–H groups in total. The fraction of sp³-hybridized carbons (Fsp3) is 0.125. The minimum atomic E-state index is -0.925. The number of aryl methyl sites for hydroxylation is 1. The van der Waals surface area contributed by atoms with E-state index in [1.807, 2.05) is 6.92 Å². The minimum Gasteiger partial charge on any atom is -0.507 e. The van der Waals surface area contributed by atoms with Gasteiger partial charge in [0.15, 0.2) is 0 Å². The van der Waals surface area contributed by atoms with Gasteiger partial charge in [-0.3, -0.25) is 19.5 Å². The molecule has 32 heavy (non-hydrogen) atoms. The first-order chi connectivity index (χ1) is 15.3. The predicted molar refractivity (Wildman–Crippen MR) is 123 cm³/mol. The maximum atomic E-state index is 13.2. The summed E-state index contributed by atoms with van der Waals surface area (Å²) in [4.78, 5) is 31.8. The monoisotopic (exact) mass is 468 g/mol. The average molecular weight is 469 g/mol. The summed E-state index contributed by atoms with van der Waals surface area (Å²) in [5, 5.41) is 12.0. The number of benzene rings is 2. The second-order valence-corrected chi connectivity index (χ2v) is 8.08. The number of aliphatic hydroxyl groups excluding tert-OH is 1. The summed E-state index contributed by atoms with van der Waals surface area (Å²) in [7, 11) is 1.44. The van der Waals surface area contributed by atoms with E-state index < -0.39 is 23.5 Å². The summed E-state index contributed by atoms with van der Waals surface area (Å²) in [5.41, 5.74) is 1.90. The molecule has 1 amide bonds. The van der Waals surface area contributed by atoms with Crippen LogP contribution < -0.4 is 9.64 Å². The van der Waals surface area contributed by atoms with Gasteiger partial charge in [-0.25, -0.2) is 0 Å². The van der Waals surface area contributed by atoms with Gasteiger partial charge in [-0.2, -0.15) is 0 Å². The smallest absolute Gasteiger partial charge is 0.300 e. The Morgan fingerprint density at radius 1 is 1.12 bits per heavy atom. The summed E-state index contributed by atoms with van der Waals surface area (Å²) >= 11 is 12.4. The summed E-state index contributed by atoms with van der Waals surface area (Å²) in [5.74, 6) is -1.71. The van der Waals surface area contributed by atoms with E-state index in [1.54, 1.807) is 54.9 Å². The van der Waals surface area contributed by atoms with Crippen LogP contribution in [-0.4, -0.2) is 28.9 Å². The number of amides is 1. The number of hydrogen-bond donors (Lipinski definition) is 1. The number of ketones is 1. The lowest BCUT2D eigenvalue weighted by Crippen LogP contribution is -2.29. The Labute approximate surface area is 194 Å². The molecule has 162 valence electrons. The fourth-order valence-electron chi connectivity index (χ4n) is 3.69. The maximum absolute atomic E-state index is 13.2. The van der Waals surface area contributed by atoms with E-state index in [4.69, 9.17) is 27.9 Å². The van der Waals surface area contributed by atoms with Gasteiger partial charge in [0.1, 0.15) is 11.5 Å². The molecule has 3 aromatic rings. The van der Waals surface area contributed by atoms with E-state index in [-0.39, 0.29) is 11.1 Å². The molecule has 1 unspecified atom stereocenters. The van der Waals surface area contributed by atoms with E-state index >= 15 is 0 Å². The Bertz CT molecular complexity index is 1260. The molecule has 2 heterocycles. The SMILES string of the molecule is COc1ccc(Cl)cc1/C(O)=C1\C(=O)C(=O)N(c2ccc(C)c(Cl)c2)C1c1cccnc1. The number of anilines is 1. The first-order valence-electron chi connectivity index (χ1n) is 9.64. The highest BCUT2D eigenvalue weighted by molar-refractivity contribution is 6.52. The lowest BCUT2D eigenvalue weighted by molar-refractivity contribution is -0.132. The number of aromatic nitrogens is 1. The van der Waals surface area contributed by atoms with Gasteiger partial charge < -0.3 is 9.84 Å². The Balaban J connectivity index is 1.98. The lowest BCUT2D eigenvalue weighted by Gasteiger charge is -2.25. The number of halogens is 2. The van der Waals surface area contributed by atoms with Crippen LogP contribution in [0.3, 0.4) is 0 Å². The maximum Gasteiger partial charge on any atom is 0.300 e. The van der Waals surface area contributed by atoms with E-state index in [2.05, 4.69) is 4.98 Å². The van der Waals surface area contributed by atoms with Crippen LogP contribution in [0, 0.1) is 6.92 Å². The number of Topliss-reactive ketones (excluding diaryl/α,β-unsaturated/α-hetero) is 1. The molecule has 1 aliphatic rings. The van der Waals surface area contributed by atoms with Gasteiger partial charge in [0.2, 0.25) is 0 Å². The summed E-state index contributed by atoms with van der Waals surface area (Å²) in [6.07, 6.45) is 3.13. The number of hydrogen-bond acceptors (Lipinski definition) is 5. The molecule has 6 nitrogen and oxygen atoms in total. The molecular weight excluding hydrogens is 451 g/mol. The number of aliphatic hydroxyl groups is 1. The Morgan fingerprint density at radius 2 is 1.91 bits per heavy atom. The minimum absolute atomic E-state index is 0.0970. The van der Waals surface area contributed by atoms with Crippen LogP contribution in [0.4, 0.5) is 5.69 Å². The van der Waals surface area contributed by atoms with Crippen molar-refractivity contribution in [2.45, 2.75) is 13.0 Å². The number of ether oxygens (including phenoxy) is 1. The van der Waals surface area contributed by atoms with Gasteiger partial charge in [-0.05, 0) is 54.4 Å². The van der Waals surface area contributed by atoms with Crippen LogP contribution in [-0.2, 0) is 9.59 Å². The highest BCUT2D eigenvalue weighted by atomic mass is 35.5. The van der Waals surface area contributed by atoms with Gasteiger partial charge in [-0.15, -0.1) is 0 Å². The van der Waals surface area contributed by atoms with Gasteiger partial charge in [0.05, 0.1) is 24.3 Å². The molecule has 0 saturated carbocycles. The van der Waals surface area contributed by atoms with E-state index in [9.17, 15) is 14.7 Å². The predicted octanol–water partition coefficient (Wildman–Crippen LogP) is 5.33. The van der Waals surface area contributed by atoms with Crippen molar-refractivity contribution in [2.24, 2.45) is 0 Å². The fourth-order valence-corrected chi connectivity index (χ4v) is 4.04. The second-order valence-electron chi connectivity index (χ2n) is 7.23. The standard InChI is InChI=1S/C24H18Cl2N2O4/c1-13-5-7-16(11-18(13)26)28-21(14-4-3-9-27-12-14)20(23(30)24(28)31)22(29)17-10-15(25)6-8-19(17)32-2/h3-12,21,29H,1-2H3/b22-20+. The molecule has 1 aliphatic heterocycles. The zero-order valence-corrected chi connectivity index (χ0v) is 18.7.